The largest absolute Gasteiger partial charge is 0.485 e. The number of rotatable bonds is 5. The van der Waals surface area contributed by atoms with E-state index in [0.29, 0.717) is 22.8 Å². The van der Waals surface area contributed by atoms with E-state index in [1.54, 1.807) is 18.2 Å². The van der Waals surface area contributed by atoms with Gasteiger partial charge in [0.15, 0.2) is 16.4 Å². The van der Waals surface area contributed by atoms with Gasteiger partial charge in [-0.05, 0) is 57.0 Å². The zero-order valence-electron chi connectivity index (χ0n) is 15.1. The summed E-state index contributed by atoms with van der Waals surface area (Å²) in [6.45, 7) is 5.56. The number of aryl methyl sites for hydroxylation is 2. The molecule has 26 heavy (non-hydrogen) atoms. The number of aromatic nitrogens is 1. The summed E-state index contributed by atoms with van der Waals surface area (Å²) in [6, 6.07) is 6.99. The molecule has 2 heterocycles. The standard InChI is InChI=1S/C19H22ClNO4S/c1-12-8-16(4-5-18(12)20)25-10-19(22)17-9-13(2)21(14(17)3)15-6-7-26(23,24)11-15/h4-5,8-9,15H,6-7,10-11H2,1-3H3/t15-/m1/s1. The molecule has 1 fully saturated rings. The number of benzene rings is 1. The van der Waals surface area contributed by atoms with Crippen LogP contribution in [0.5, 0.6) is 5.75 Å². The minimum absolute atomic E-state index is 0.0751. The maximum atomic E-state index is 12.6. The van der Waals surface area contributed by atoms with Crippen LogP contribution in [0.2, 0.25) is 5.02 Å². The van der Waals surface area contributed by atoms with E-state index < -0.39 is 9.84 Å². The van der Waals surface area contributed by atoms with Crippen LogP contribution >= 0.6 is 11.6 Å². The first-order valence-electron chi connectivity index (χ1n) is 8.49. The molecule has 1 aliphatic heterocycles. The van der Waals surface area contributed by atoms with Gasteiger partial charge in [0.05, 0.1) is 11.5 Å². The van der Waals surface area contributed by atoms with Gasteiger partial charge in [-0.25, -0.2) is 8.42 Å². The fraction of sp³-hybridized carbons (Fsp3) is 0.421. The topological polar surface area (TPSA) is 65.4 Å². The Bertz CT molecular complexity index is 962. The van der Waals surface area contributed by atoms with Gasteiger partial charge in [0.2, 0.25) is 5.78 Å². The Balaban J connectivity index is 1.76. The minimum Gasteiger partial charge on any atom is -0.485 e. The van der Waals surface area contributed by atoms with Crippen molar-refractivity contribution in [1.82, 2.24) is 4.57 Å². The van der Waals surface area contributed by atoms with Crippen LogP contribution in [0.15, 0.2) is 24.3 Å². The molecular weight excluding hydrogens is 374 g/mol. The number of ketones is 1. The highest BCUT2D eigenvalue weighted by molar-refractivity contribution is 7.91. The summed E-state index contributed by atoms with van der Waals surface area (Å²) in [5.74, 6) is 0.808. The predicted molar refractivity (Wildman–Crippen MR) is 102 cm³/mol. The van der Waals surface area contributed by atoms with Crippen LogP contribution in [0.1, 0.15) is 39.8 Å². The van der Waals surface area contributed by atoms with Gasteiger partial charge in [0, 0.05) is 28.0 Å². The maximum Gasteiger partial charge on any atom is 0.202 e. The summed E-state index contributed by atoms with van der Waals surface area (Å²) in [4.78, 5) is 12.6. The Morgan fingerprint density at radius 1 is 1.27 bits per heavy atom. The lowest BCUT2D eigenvalue weighted by Crippen LogP contribution is -2.16. The molecule has 1 atom stereocenters. The number of hydrogen-bond donors (Lipinski definition) is 0. The highest BCUT2D eigenvalue weighted by Gasteiger charge is 2.31. The highest BCUT2D eigenvalue weighted by atomic mass is 35.5. The van der Waals surface area contributed by atoms with Crippen molar-refractivity contribution in [3.05, 3.63) is 51.8 Å². The van der Waals surface area contributed by atoms with Gasteiger partial charge in [-0.3, -0.25) is 4.79 Å². The lowest BCUT2D eigenvalue weighted by atomic mass is 10.1. The Labute approximate surface area is 158 Å². The second-order valence-corrected chi connectivity index (χ2v) is 9.47. The monoisotopic (exact) mass is 395 g/mol. The van der Waals surface area contributed by atoms with Gasteiger partial charge in [0.1, 0.15) is 5.75 Å². The van der Waals surface area contributed by atoms with Crippen LogP contribution in [0.4, 0.5) is 0 Å². The van der Waals surface area contributed by atoms with Crippen LogP contribution in [0.3, 0.4) is 0 Å². The van der Waals surface area contributed by atoms with Gasteiger partial charge in [-0.1, -0.05) is 11.6 Å². The first kappa shape index (κ1) is 19.0. The van der Waals surface area contributed by atoms with Crippen LogP contribution in [0.25, 0.3) is 0 Å². The molecular formula is C19H22ClNO4S. The summed E-state index contributed by atoms with van der Waals surface area (Å²) >= 11 is 5.99. The van der Waals surface area contributed by atoms with Crippen molar-refractivity contribution in [2.45, 2.75) is 33.2 Å². The molecule has 7 heteroatoms. The number of halogens is 1. The minimum atomic E-state index is -2.98. The van der Waals surface area contributed by atoms with E-state index in [4.69, 9.17) is 16.3 Å². The van der Waals surface area contributed by atoms with Crippen molar-refractivity contribution in [2.75, 3.05) is 18.1 Å². The lowest BCUT2D eigenvalue weighted by molar-refractivity contribution is 0.0920. The average Bonchev–Trinajstić information content (AvgIpc) is 3.07. The summed E-state index contributed by atoms with van der Waals surface area (Å²) in [7, 11) is -2.98. The molecule has 3 rings (SSSR count). The van der Waals surface area contributed by atoms with E-state index in [1.807, 2.05) is 31.4 Å². The third kappa shape index (κ3) is 3.81. The Kier molecular flexibility index (Phi) is 5.17. The van der Waals surface area contributed by atoms with Gasteiger partial charge < -0.3 is 9.30 Å². The normalized spacial score (nSPS) is 18.8. The molecule has 1 saturated heterocycles. The lowest BCUT2D eigenvalue weighted by Gasteiger charge is -2.16. The van der Waals surface area contributed by atoms with Crippen molar-refractivity contribution in [2.24, 2.45) is 0 Å². The highest BCUT2D eigenvalue weighted by Crippen LogP contribution is 2.29. The Hall–Kier alpha value is -1.79. The quantitative estimate of drug-likeness (QED) is 0.724. The van der Waals surface area contributed by atoms with Gasteiger partial charge >= 0.3 is 0 Å². The number of sulfone groups is 1. The van der Waals surface area contributed by atoms with Gasteiger partial charge in [0.25, 0.3) is 0 Å². The number of hydrogen-bond acceptors (Lipinski definition) is 4. The molecule has 0 radical (unpaired) electrons. The first-order valence-corrected chi connectivity index (χ1v) is 10.7. The number of carbonyl (C=O) groups excluding carboxylic acids is 1. The van der Waals surface area contributed by atoms with E-state index in [0.717, 1.165) is 17.0 Å². The van der Waals surface area contributed by atoms with Crippen molar-refractivity contribution in [3.63, 3.8) is 0 Å². The van der Waals surface area contributed by atoms with Crippen molar-refractivity contribution in [1.29, 1.82) is 0 Å². The number of ether oxygens (including phenoxy) is 1. The molecule has 5 nitrogen and oxygen atoms in total. The molecule has 0 saturated carbocycles. The second-order valence-electron chi connectivity index (χ2n) is 6.83. The Morgan fingerprint density at radius 2 is 2.00 bits per heavy atom. The molecule has 1 aromatic heterocycles. The summed E-state index contributed by atoms with van der Waals surface area (Å²) in [6.07, 6.45) is 0.590. The van der Waals surface area contributed by atoms with Crippen LogP contribution < -0.4 is 4.74 Å². The summed E-state index contributed by atoms with van der Waals surface area (Å²) in [5.41, 5.74) is 3.16. The van der Waals surface area contributed by atoms with E-state index in [-0.39, 0.29) is 29.9 Å². The number of Topliss-reactive ketones (excluding diaryl/α,β-unsaturated/α-hetero) is 1. The summed E-state index contributed by atoms with van der Waals surface area (Å²) < 4.78 is 31.1. The second kappa shape index (κ2) is 7.08. The molecule has 140 valence electrons. The first-order chi connectivity index (χ1) is 12.2. The molecule has 0 amide bonds. The van der Waals surface area contributed by atoms with E-state index in [1.165, 1.54) is 0 Å². The maximum absolute atomic E-state index is 12.6. The Morgan fingerprint density at radius 3 is 2.62 bits per heavy atom. The zero-order chi connectivity index (χ0) is 19.1. The SMILES string of the molecule is Cc1cc(OCC(=O)c2cc(C)n([C@@H]3CCS(=O)(=O)C3)c2C)ccc1Cl. The fourth-order valence-corrected chi connectivity index (χ4v) is 5.35. The summed E-state index contributed by atoms with van der Waals surface area (Å²) in [5, 5.41) is 0.652. The van der Waals surface area contributed by atoms with Gasteiger partial charge in [-0.2, -0.15) is 0 Å². The molecule has 0 bridgehead atoms. The van der Waals surface area contributed by atoms with Gasteiger partial charge in [-0.15, -0.1) is 0 Å². The van der Waals surface area contributed by atoms with Crippen LogP contribution in [-0.2, 0) is 9.84 Å². The average molecular weight is 396 g/mol. The molecule has 0 spiro atoms. The third-order valence-electron chi connectivity index (χ3n) is 4.86. The van der Waals surface area contributed by atoms with Crippen LogP contribution in [-0.4, -0.2) is 36.9 Å². The fourth-order valence-electron chi connectivity index (χ4n) is 3.53. The van der Waals surface area contributed by atoms with E-state index in [9.17, 15) is 13.2 Å². The molecule has 0 unspecified atom stereocenters. The van der Waals surface area contributed by atoms with Crippen LogP contribution in [0, 0.1) is 20.8 Å². The van der Waals surface area contributed by atoms with Crippen molar-refractivity contribution in [3.8, 4) is 5.75 Å². The molecule has 1 aliphatic rings. The molecule has 2 aromatic rings. The predicted octanol–water partition coefficient (Wildman–Crippen LogP) is 3.69. The third-order valence-corrected chi connectivity index (χ3v) is 7.03. The molecule has 0 N–H and O–H groups in total. The number of carbonyl (C=O) groups is 1. The van der Waals surface area contributed by atoms with Crippen molar-refractivity contribution < 1.29 is 17.9 Å². The van der Waals surface area contributed by atoms with E-state index >= 15 is 0 Å². The molecule has 0 aliphatic carbocycles. The number of nitrogens with zero attached hydrogens (tertiary/aromatic N) is 1. The smallest absolute Gasteiger partial charge is 0.202 e. The zero-order valence-corrected chi connectivity index (χ0v) is 16.7. The molecule has 1 aromatic carbocycles. The van der Waals surface area contributed by atoms with E-state index in [2.05, 4.69) is 0 Å². The van der Waals surface area contributed by atoms with Crippen molar-refractivity contribution >= 4 is 27.2 Å².